The Morgan fingerprint density at radius 3 is 2.75 bits per heavy atom. The number of methoxy groups -OCH3 is 1. The van der Waals surface area contributed by atoms with Gasteiger partial charge in [-0.05, 0) is 18.7 Å². The predicted molar refractivity (Wildman–Crippen MR) is 58.0 cm³/mol. The van der Waals surface area contributed by atoms with E-state index in [1.54, 1.807) is 0 Å². The van der Waals surface area contributed by atoms with E-state index in [0.717, 1.165) is 0 Å². The molecule has 0 heterocycles. The first-order valence-corrected chi connectivity index (χ1v) is 4.73. The van der Waals surface area contributed by atoms with E-state index >= 15 is 0 Å². The molecule has 0 aliphatic carbocycles. The fraction of sp³-hybridized carbons (Fsp3) is 0.273. The highest BCUT2D eigenvalue weighted by Gasteiger charge is 2.14. The van der Waals surface area contributed by atoms with Crippen LogP contribution in [0.2, 0.25) is 0 Å². The van der Waals surface area contributed by atoms with Crippen LogP contribution in [-0.4, -0.2) is 30.8 Å². The topological polar surface area (TPSA) is 89.6 Å². The average Bonchev–Trinajstić information content (AvgIpc) is 2.29. The maximum absolute atomic E-state index is 11.6. The molecule has 5 heteroatoms. The number of carbonyl (C=O) groups is 2. The molecule has 0 aromatic heterocycles. The summed E-state index contributed by atoms with van der Waals surface area (Å²) in [5.41, 5.74) is 5.61. The predicted octanol–water partition coefficient (Wildman–Crippen LogP) is 0.745. The molecule has 0 saturated heterocycles. The van der Waals surface area contributed by atoms with Gasteiger partial charge in [-0.3, -0.25) is 9.59 Å². The van der Waals surface area contributed by atoms with Crippen LogP contribution in [0.25, 0.3) is 0 Å². The van der Waals surface area contributed by atoms with E-state index in [2.05, 4.69) is 0 Å². The lowest BCUT2D eigenvalue weighted by molar-refractivity contribution is 0.0978. The molecule has 0 fully saturated rings. The van der Waals surface area contributed by atoms with Gasteiger partial charge in [0.25, 0.3) is 0 Å². The second-order valence-corrected chi connectivity index (χ2v) is 3.19. The van der Waals surface area contributed by atoms with E-state index in [4.69, 9.17) is 10.5 Å². The number of phenolic OH excluding ortho intramolecular Hbond substituents is 1. The lowest BCUT2D eigenvalue weighted by Gasteiger charge is -2.08. The van der Waals surface area contributed by atoms with E-state index in [1.807, 2.05) is 0 Å². The molecule has 3 N–H and O–H groups in total. The summed E-state index contributed by atoms with van der Waals surface area (Å²) in [5.74, 6) is -0.289. The molecule has 0 spiro atoms. The molecular weight excluding hydrogens is 210 g/mol. The van der Waals surface area contributed by atoms with Gasteiger partial charge in [0.05, 0.1) is 7.11 Å². The Kier molecular flexibility index (Phi) is 4.02. The van der Waals surface area contributed by atoms with Gasteiger partial charge in [0.15, 0.2) is 23.6 Å². The molecule has 0 bridgehead atoms. The molecule has 1 rings (SSSR count). The molecule has 0 saturated carbocycles. The molecule has 1 aromatic rings. The Balaban J connectivity index is 3.22. The quantitative estimate of drug-likeness (QED) is 0.567. The first-order valence-electron chi connectivity index (χ1n) is 4.73. The Bertz CT molecular complexity index is 415. The van der Waals surface area contributed by atoms with Crippen molar-refractivity contribution in [2.75, 3.05) is 13.7 Å². The Morgan fingerprint density at radius 1 is 1.56 bits per heavy atom. The van der Waals surface area contributed by atoms with Crippen LogP contribution in [0.5, 0.6) is 11.5 Å². The van der Waals surface area contributed by atoms with Gasteiger partial charge >= 0.3 is 0 Å². The molecule has 1 aromatic carbocycles. The molecule has 0 radical (unpaired) electrons. The Labute approximate surface area is 92.8 Å². The first kappa shape index (κ1) is 12.2. The van der Waals surface area contributed by atoms with Gasteiger partial charge in [-0.1, -0.05) is 0 Å². The van der Waals surface area contributed by atoms with Gasteiger partial charge in [-0.25, -0.2) is 0 Å². The van der Waals surface area contributed by atoms with E-state index in [9.17, 15) is 14.7 Å². The van der Waals surface area contributed by atoms with Crippen molar-refractivity contribution in [3.8, 4) is 11.5 Å². The molecule has 16 heavy (non-hydrogen) atoms. The summed E-state index contributed by atoms with van der Waals surface area (Å²) >= 11 is 0. The third-order valence-corrected chi connectivity index (χ3v) is 2.15. The number of hydrogen-bond acceptors (Lipinski definition) is 5. The van der Waals surface area contributed by atoms with Crippen LogP contribution in [0.3, 0.4) is 0 Å². The minimum atomic E-state index is -0.275. The first-order chi connectivity index (χ1) is 7.63. The fourth-order valence-electron chi connectivity index (χ4n) is 1.35. The summed E-state index contributed by atoms with van der Waals surface area (Å²) in [6, 6.07) is 2.55. The second-order valence-electron chi connectivity index (χ2n) is 3.19. The van der Waals surface area contributed by atoms with Crippen molar-refractivity contribution in [3.63, 3.8) is 0 Å². The van der Waals surface area contributed by atoms with Gasteiger partial charge in [0.2, 0.25) is 0 Å². The van der Waals surface area contributed by atoms with Crippen molar-refractivity contribution in [2.45, 2.75) is 6.42 Å². The van der Waals surface area contributed by atoms with Crippen LogP contribution in [0.15, 0.2) is 12.1 Å². The lowest BCUT2D eigenvalue weighted by Crippen LogP contribution is -2.10. The number of Topliss-reactive ketones (excluding diaryl/α,β-unsaturated/α-hetero) is 1. The van der Waals surface area contributed by atoms with Crippen LogP contribution in [0, 0.1) is 0 Å². The van der Waals surface area contributed by atoms with Crippen LogP contribution in [0.4, 0.5) is 0 Å². The summed E-state index contributed by atoms with van der Waals surface area (Å²) < 4.78 is 4.84. The normalized spacial score (nSPS) is 9.88. The van der Waals surface area contributed by atoms with Gasteiger partial charge < -0.3 is 15.6 Å². The Morgan fingerprint density at radius 2 is 2.25 bits per heavy atom. The highest BCUT2D eigenvalue weighted by molar-refractivity contribution is 6.03. The van der Waals surface area contributed by atoms with Crippen LogP contribution < -0.4 is 10.5 Å². The third-order valence-electron chi connectivity index (χ3n) is 2.15. The number of carbonyl (C=O) groups excluding carboxylic acids is 2. The van der Waals surface area contributed by atoms with E-state index in [0.29, 0.717) is 6.29 Å². The zero-order valence-electron chi connectivity index (χ0n) is 8.90. The van der Waals surface area contributed by atoms with Crippen molar-refractivity contribution in [1.82, 2.24) is 0 Å². The number of phenols is 1. The van der Waals surface area contributed by atoms with Crippen molar-refractivity contribution < 1.29 is 19.4 Å². The van der Waals surface area contributed by atoms with Crippen molar-refractivity contribution in [1.29, 1.82) is 0 Å². The number of ketones is 1. The van der Waals surface area contributed by atoms with Crippen LogP contribution >= 0.6 is 0 Å². The van der Waals surface area contributed by atoms with E-state index in [-0.39, 0.29) is 41.4 Å². The zero-order valence-corrected chi connectivity index (χ0v) is 8.90. The van der Waals surface area contributed by atoms with Crippen LogP contribution in [0.1, 0.15) is 27.1 Å². The smallest absolute Gasteiger partial charge is 0.164 e. The number of hydrogen-bond donors (Lipinski definition) is 2. The second kappa shape index (κ2) is 5.27. The summed E-state index contributed by atoms with van der Waals surface area (Å²) in [5, 5.41) is 9.50. The molecule has 5 nitrogen and oxygen atoms in total. The summed E-state index contributed by atoms with van der Waals surface area (Å²) in [6.45, 7) is 0.198. The molecule has 0 amide bonds. The molecule has 0 unspecified atom stereocenters. The maximum atomic E-state index is 11.6. The number of ether oxygens (including phenoxy) is 1. The lowest BCUT2D eigenvalue weighted by atomic mass is 10.0. The molecule has 0 aliphatic rings. The molecule has 86 valence electrons. The number of benzene rings is 1. The fourth-order valence-corrected chi connectivity index (χ4v) is 1.35. The largest absolute Gasteiger partial charge is 0.504 e. The van der Waals surface area contributed by atoms with Crippen molar-refractivity contribution in [3.05, 3.63) is 23.3 Å². The summed E-state index contributed by atoms with van der Waals surface area (Å²) in [4.78, 5) is 22.4. The van der Waals surface area contributed by atoms with Gasteiger partial charge in [-0.2, -0.15) is 0 Å². The molecule has 0 aliphatic heterocycles. The zero-order chi connectivity index (χ0) is 12.1. The van der Waals surface area contributed by atoms with Gasteiger partial charge in [-0.15, -0.1) is 0 Å². The van der Waals surface area contributed by atoms with Crippen LogP contribution in [-0.2, 0) is 0 Å². The highest BCUT2D eigenvalue weighted by Crippen LogP contribution is 2.29. The Hall–Kier alpha value is -1.88. The number of rotatable bonds is 5. The molecular formula is C11H13NO4. The number of aldehydes is 1. The van der Waals surface area contributed by atoms with Gasteiger partial charge in [0, 0.05) is 17.5 Å². The SMILES string of the molecule is COc1cc(C=O)c(C(=O)CCN)cc1O. The van der Waals surface area contributed by atoms with Crippen molar-refractivity contribution in [2.24, 2.45) is 5.73 Å². The van der Waals surface area contributed by atoms with E-state index in [1.165, 1.54) is 19.2 Å². The van der Waals surface area contributed by atoms with Gasteiger partial charge in [0.1, 0.15) is 0 Å². The number of nitrogens with two attached hydrogens (primary N) is 1. The monoisotopic (exact) mass is 223 g/mol. The summed E-state index contributed by atoms with van der Waals surface area (Å²) in [6.07, 6.45) is 0.679. The highest BCUT2D eigenvalue weighted by atomic mass is 16.5. The minimum Gasteiger partial charge on any atom is -0.504 e. The third kappa shape index (κ3) is 2.38. The standard InChI is InChI=1S/C11H13NO4/c1-16-11-4-7(6-13)8(5-10(11)15)9(14)2-3-12/h4-6,15H,2-3,12H2,1H3. The molecule has 0 atom stereocenters. The van der Waals surface area contributed by atoms with E-state index < -0.39 is 0 Å². The minimum absolute atomic E-state index is 0.132. The number of aromatic hydroxyl groups is 1. The van der Waals surface area contributed by atoms with Crippen molar-refractivity contribution >= 4 is 12.1 Å². The summed E-state index contributed by atoms with van der Waals surface area (Å²) in [7, 11) is 1.37. The maximum Gasteiger partial charge on any atom is 0.164 e. The average molecular weight is 223 g/mol.